The van der Waals surface area contributed by atoms with Gasteiger partial charge in [0, 0.05) is 5.02 Å². The molecule has 0 bridgehead atoms. The molecule has 4 aromatic carbocycles. The lowest BCUT2D eigenvalue weighted by Crippen LogP contribution is -2.46. The van der Waals surface area contributed by atoms with Gasteiger partial charge >= 0.3 is 0 Å². The minimum atomic E-state index is -0.324. The second-order valence-electron chi connectivity index (χ2n) is 7.88. The molecule has 0 radical (unpaired) electrons. The molecule has 0 aromatic heterocycles. The number of benzene rings is 4. The number of hydrogen-bond acceptors (Lipinski definition) is 3. The third-order valence-corrected chi connectivity index (χ3v) is 6.09. The lowest BCUT2D eigenvalue weighted by Gasteiger charge is -2.28. The van der Waals surface area contributed by atoms with Crippen molar-refractivity contribution >= 4 is 27.9 Å². The molecule has 34 heavy (non-hydrogen) atoms. The van der Waals surface area contributed by atoms with E-state index in [1.165, 1.54) is 21.9 Å². The Kier molecular flexibility index (Phi) is 7.81. The average molecular weight is 468 g/mol. The zero-order valence-corrected chi connectivity index (χ0v) is 20.3. The summed E-state index contributed by atoms with van der Waals surface area (Å²) >= 11 is 6.01. The van der Waals surface area contributed by atoms with Crippen molar-refractivity contribution in [2.75, 3.05) is 0 Å². The molecule has 0 aliphatic carbocycles. The molecule has 0 saturated carbocycles. The number of fused-ring (bicyclic) bond motifs is 1. The summed E-state index contributed by atoms with van der Waals surface area (Å²) in [5, 5.41) is 10.1. The summed E-state index contributed by atoms with van der Waals surface area (Å²) in [6.07, 6.45) is 5.64. The van der Waals surface area contributed by atoms with E-state index in [-0.39, 0.29) is 12.3 Å². The molecule has 1 aliphatic rings. The van der Waals surface area contributed by atoms with Crippen LogP contribution in [0.5, 0.6) is 0 Å². The summed E-state index contributed by atoms with van der Waals surface area (Å²) in [4.78, 5) is 0. The first-order chi connectivity index (χ1) is 16.7. The smallest absolute Gasteiger partial charge is 0.105 e. The van der Waals surface area contributed by atoms with E-state index >= 15 is 0 Å². The van der Waals surface area contributed by atoms with E-state index in [2.05, 4.69) is 83.4 Å². The molecular formula is C30H30ClN3. The van der Waals surface area contributed by atoms with Gasteiger partial charge in [-0.25, -0.2) is 0 Å². The summed E-state index contributed by atoms with van der Waals surface area (Å²) in [6.45, 7) is 4.00. The van der Waals surface area contributed by atoms with Gasteiger partial charge in [-0.1, -0.05) is 110 Å². The summed E-state index contributed by atoms with van der Waals surface area (Å²) < 4.78 is 0. The molecule has 4 N–H and O–H groups in total. The van der Waals surface area contributed by atoms with Crippen molar-refractivity contribution in [1.82, 2.24) is 10.6 Å². The lowest BCUT2D eigenvalue weighted by molar-refractivity contribution is 0.474. The van der Waals surface area contributed by atoms with Crippen molar-refractivity contribution in [1.29, 1.82) is 0 Å². The Hall–Kier alpha value is -3.37. The Morgan fingerprint density at radius 3 is 2.26 bits per heavy atom. The third-order valence-electron chi connectivity index (χ3n) is 5.84. The topological polar surface area (TPSA) is 50.1 Å². The van der Waals surface area contributed by atoms with Gasteiger partial charge in [-0.05, 0) is 63.0 Å². The molecule has 4 aromatic rings. The van der Waals surface area contributed by atoms with Crippen LogP contribution in [-0.2, 0) is 0 Å². The largest absolute Gasteiger partial charge is 0.372 e. The van der Waals surface area contributed by atoms with Gasteiger partial charge in [-0.15, -0.1) is 0 Å². The van der Waals surface area contributed by atoms with Crippen LogP contribution in [0, 0.1) is 0 Å². The Labute approximate surface area is 207 Å². The van der Waals surface area contributed by atoms with Crippen LogP contribution in [-0.4, -0.2) is 6.17 Å². The molecule has 4 heteroatoms. The zero-order chi connectivity index (χ0) is 23.9. The van der Waals surface area contributed by atoms with E-state index in [4.69, 9.17) is 17.3 Å². The molecular weight excluding hydrogens is 438 g/mol. The third kappa shape index (κ3) is 5.23. The van der Waals surface area contributed by atoms with Crippen molar-refractivity contribution in [3.63, 3.8) is 0 Å². The highest BCUT2D eigenvalue weighted by atomic mass is 35.5. The summed E-state index contributed by atoms with van der Waals surface area (Å²) in [5.74, 6) is 0. The average Bonchev–Trinajstić information content (AvgIpc) is 2.90. The van der Waals surface area contributed by atoms with Crippen molar-refractivity contribution in [3.8, 4) is 11.1 Å². The fraction of sp³-hybridized carbons (Fsp3) is 0.133. The maximum atomic E-state index is 6.42. The number of dihydropyridines is 1. The maximum Gasteiger partial charge on any atom is 0.105 e. The van der Waals surface area contributed by atoms with E-state index in [9.17, 15) is 0 Å². The summed E-state index contributed by atoms with van der Waals surface area (Å²) in [5.41, 5.74) is 12.1. The number of nitrogens with one attached hydrogen (secondary N) is 2. The zero-order valence-electron chi connectivity index (χ0n) is 19.5. The van der Waals surface area contributed by atoms with Gasteiger partial charge in [0.05, 0.1) is 6.17 Å². The standard InChI is InChI=1S/C28H24ClN3.C2H6/c29-23-16-14-22(15-17-23)27(30)32-28-26(9-4-18-31-28)21-12-10-20(11-13-21)25-8-3-6-19-5-1-2-7-24(19)25;1-2/h1-18,27-28,31-32H,30H2;1-2H3. The van der Waals surface area contributed by atoms with Crippen LogP contribution in [0.15, 0.2) is 109 Å². The second kappa shape index (κ2) is 11.2. The number of nitrogens with two attached hydrogens (primary N) is 1. The van der Waals surface area contributed by atoms with Gasteiger partial charge in [-0.2, -0.15) is 0 Å². The molecule has 0 saturated heterocycles. The quantitative estimate of drug-likeness (QED) is 0.271. The first-order valence-electron chi connectivity index (χ1n) is 11.7. The first-order valence-corrected chi connectivity index (χ1v) is 12.1. The van der Waals surface area contributed by atoms with Crippen molar-refractivity contribution < 1.29 is 0 Å². The highest BCUT2D eigenvalue weighted by molar-refractivity contribution is 6.30. The normalized spacial score (nSPS) is 15.6. The van der Waals surface area contributed by atoms with Gasteiger partial charge < -0.3 is 11.1 Å². The van der Waals surface area contributed by atoms with Gasteiger partial charge in [-0.3, -0.25) is 5.32 Å². The fourth-order valence-corrected chi connectivity index (χ4v) is 4.28. The van der Waals surface area contributed by atoms with E-state index in [1.54, 1.807) is 0 Å². The number of rotatable bonds is 5. The molecule has 0 fully saturated rings. The van der Waals surface area contributed by atoms with Gasteiger partial charge in [0.25, 0.3) is 0 Å². The number of hydrogen-bond donors (Lipinski definition) is 3. The van der Waals surface area contributed by atoms with E-state index in [0.717, 1.165) is 16.7 Å². The number of allylic oxidation sites excluding steroid dienone is 2. The summed E-state index contributed by atoms with van der Waals surface area (Å²) in [7, 11) is 0. The fourth-order valence-electron chi connectivity index (χ4n) is 4.16. The molecule has 5 rings (SSSR count). The minimum Gasteiger partial charge on any atom is -0.372 e. The van der Waals surface area contributed by atoms with Crippen LogP contribution in [0.3, 0.4) is 0 Å². The number of halogens is 1. The van der Waals surface area contributed by atoms with E-state index < -0.39 is 0 Å². The van der Waals surface area contributed by atoms with Crippen molar-refractivity contribution in [3.05, 3.63) is 125 Å². The molecule has 2 atom stereocenters. The van der Waals surface area contributed by atoms with E-state index in [0.29, 0.717) is 5.02 Å². The Morgan fingerprint density at radius 1 is 0.824 bits per heavy atom. The lowest BCUT2D eigenvalue weighted by atomic mass is 9.95. The molecule has 1 aliphatic heterocycles. The first kappa shape index (κ1) is 23.8. The molecule has 172 valence electrons. The van der Waals surface area contributed by atoms with Gasteiger partial charge in [0.15, 0.2) is 0 Å². The van der Waals surface area contributed by atoms with Crippen LogP contribution in [0.2, 0.25) is 5.02 Å². The van der Waals surface area contributed by atoms with Crippen molar-refractivity contribution in [2.24, 2.45) is 5.73 Å². The minimum absolute atomic E-state index is 0.103. The highest BCUT2D eigenvalue weighted by Gasteiger charge is 2.19. The van der Waals surface area contributed by atoms with Gasteiger partial charge in [0.2, 0.25) is 0 Å². The Bertz CT molecular complexity index is 1290. The van der Waals surface area contributed by atoms with Gasteiger partial charge in [0.1, 0.15) is 6.17 Å². The van der Waals surface area contributed by atoms with Crippen molar-refractivity contribution in [2.45, 2.75) is 26.2 Å². The second-order valence-corrected chi connectivity index (χ2v) is 8.32. The molecule has 3 nitrogen and oxygen atoms in total. The van der Waals surface area contributed by atoms with Crippen LogP contribution in [0.1, 0.15) is 31.1 Å². The Morgan fingerprint density at radius 2 is 1.50 bits per heavy atom. The van der Waals surface area contributed by atoms with Crippen LogP contribution >= 0.6 is 11.6 Å². The van der Waals surface area contributed by atoms with E-state index in [1.807, 2.05) is 50.4 Å². The summed E-state index contributed by atoms with van der Waals surface area (Å²) in [6, 6.07) is 31.3. The Balaban J connectivity index is 0.00000133. The molecule has 1 heterocycles. The monoisotopic (exact) mass is 467 g/mol. The maximum absolute atomic E-state index is 6.42. The predicted octanol–water partition coefficient (Wildman–Crippen LogP) is 7.26. The van der Waals surface area contributed by atoms with Crippen LogP contribution in [0.25, 0.3) is 27.5 Å². The SMILES string of the molecule is CC.NC(NC1NC=CC=C1c1ccc(-c2cccc3ccccc23)cc1)c1ccc(Cl)cc1. The highest BCUT2D eigenvalue weighted by Crippen LogP contribution is 2.30. The molecule has 0 spiro atoms. The predicted molar refractivity (Wildman–Crippen MR) is 146 cm³/mol. The molecule has 0 amide bonds. The molecule has 2 unspecified atom stereocenters. The van der Waals surface area contributed by atoms with Crippen LogP contribution in [0.4, 0.5) is 0 Å². The van der Waals surface area contributed by atoms with Crippen LogP contribution < -0.4 is 16.4 Å².